The van der Waals surface area contributed by atoms with Crippen molar-refractivity contribution in [2.75, 3.05) is 13.1 Å². The molecule has 1 aromatic carbocycles. The molecule has 1 atom stereocenters. The average molecular weight is 407 g/mol. The maximum atomic E-state index is 13.6. The zero-order chi connectivity index (χ0) is 20.4. The van der Waals surface area contributed by atoms with Crippen molar-refractivity contribution >= 4 is 29.4 Å². The van der Waals surface area contributed by atoms with Gasteiger partial charge in [0.05, 0.1) is 0 Å². The number of aryl methyl sites for hydroxylation is 1. The lowest BCUT2D eigenvalue weighted by Crippen LogP contribution is -2.42. The van der Waals surface area contributed by atoms with Crippen LogP contribution in [-0.2, 0) is 11.3 Å². The molecule has 0 bridgehead atoms. The Kier molecular flexibility index (Phi) is 5.68. The molecule has 1 fully saturated rings. The highest BCUT2D eigenvalue weighted by Crippen LogP contribution is 2.29. The van der Waals surface area contributed by atoms with Crippen molar-refractivity contribution in [1.82, 2.24) is 14.0 Å². The second-order valence-corrected chi connectivity index (χ2v) is 8.43. The molecule has 0 radical (unpaired) electrons. The van der Waals surface area contributed by atoms with Crippen LogP contribution in [0.5, 0.6) is 0 Å². The van der Waals surface area contributed by atoms with Gasteiger partial charge in [-0.1, -0.05) is 13.0 Å². The Balaban J connectivity index is 1.65. The Hall–Kier alpha value is -2.65. The molecular formula is C23H26N4OS. The van der Waals surface area contributed by atoms with E-state index in [0.717, 1.165) is 41.7 Å². The van der Waals surface area contributed by atoms with Crippen LogP contribution >= 0.6 is 12.6 Å². The van der Waals surface area contributed by atoms with Gasteiger partial charge in [-0.25, -0.2) is 0 Å². The van der Waals surface area contributed by atoms with E-state index in [1.807, 2.05) is 52.2 Å². The maximum absolute atomic E-state index is 13.6. The van der Waals surface area contributed by atoms with E-state index in [1.54, 1.807) is 6.07 Å². The van der Waals surface area contributed by atoms with Crippen LogP contribution in [0, 0.1) is 17.2 Å². The lowest BCUT2D eigenvalue weighted by Gasteiger charge is -2.34. The number of hydrogen-bond donors (Lipinski definition) is 1. The zero-order valence-corrected chi connectivity index (χ0v) is 17.6. The number of carbonyl (C=O) groups excluding carboxylic acids is 1. The number of hydrogen-bond acceptors (Lipinski definition) is 3. The number of likely N-dealkylation sites (tertiary alicyclic amines) is 1. The topological polar surface area (TPSA) is 54.0 Å². The summed E-state index contributed by atoms with van der Waals surface area (Å²) in [6, 6.07) is 13.6. The number of nitrogens with zero attached hydrogens (tertiary/aromatic N) is 4. The zero-order valence-electron chi connectivity index (χ0n) is 16.7. The molecule has 4 rings (SSSR count). The fraction of sp³-hybridized carbons (Fsp3) is 0.391. The minimum atomic E-state index is -0.301. The monoisotopic (exact) mass is 406 g/mol. The number of amides is 1. The largest absolute Gasteiger partial charge is 0.341 e. The molecule has 5 nitrogen and oxygen atoms in total. The number of aromatic nitrogens is 2. The fourth-order valence-electron chi connectivity index (χ4n) is 4.24. The molecule has 0 saturated carbocycles. The minimum absolute atomic E-state index is 0.171. The van der Waals surface area contributed by atoms with Crippen LogP contribution < -0.4 is 0 Å². The molecule has 0 aliphatic carbocycles. The van der Waals surface area contributed by atoms with Gasteiger partial charge in [0.1, 0.15) is 17.8 Å². The molecule has 1 unspecified atom stereocenters. The Morgan fingerprint density at radius 1 is 1.21 bits per heavy atom. The van der Waals surface area contributed by atoms with Gasteiger partial charge >= 0.3 is 0 Å². The Morgan fingerprint density at radius 2 is 2.00 bits per heavy atom. The molecule has 0 N–H and O–H groups in total. The van der Waals surface area contributed by atoms with Gasteiger partial charge in [0.2, 0.25) is 5.91 Å². The number of fused-ring (bicyclic) bond motifs is 1. The van der Waals surface area contributed by atoms with Gasteiger partial charge in [-0.15, -0.1) is 12.6 Å². The molecule has 3 heterocycles. The third-order valence-corrected chi connectivity index (χ3v) is 6.43. The highest BCUT2D eigenvalue weighted by molar-refractivity contribution is 7.80. The van der Waals surface area contributed by atoms with Crippen molar-refractivity contribution in [3.63, 3.8) is 0 Å². The van der Waals surface area contributed by atoms with E-state index >= 15 is 0 Å². The average Bonchev–Trinajstić information content (AvgIpc) is 3.36. The molecule has 1 aliphatic rings. The quantitative estimate of drug-likeness (QED) is 0.635. The summed E-state index contributed by atoms with van der Waals surface area (Å²) in [5.41, 5.74) is 1.65. The third kappa shape index (κ3) is 3.92. The smallest absolute Gasteiger partial charge is 0.245 e. The highest BCUT2D eigenvalue weighted by atomic mass is 32.1. The number of thiol groups is 1. The Labute approximate surface area is 176 Å². The number of rotatable bonds is 5. The predicted molar refractivity (Wildman–Crippen MR) is 117 cm³/mol. The molecule has 150 valence electrons. The lowest BCUT2D eigenvalue weighted by molar-refractivity contribution is -0.136. The summed E-state index contributed by atoms with van der Waals surface area (Å²) in [6.07, 6.45) is 6.65. The van der Waals surface area contributed by atoms with Crippen LogP contribution in [0.15, 0.2) is 53.7 Å². The van der Waals surface area contributed by atoms with Crippen LogP contribution in [0.1, 0.15) is 37.9 Å². The second-order valence-electron chi connectivity index (χ2n) is 7.94. The highest BCUT2D eigenvalue weighted by Gasteiger charge is 2.29. The number of benzene rings is 1. The third-order valence-electron chi connectivity index (χ3n) is 6.04. The number of nitriles is 1. The molecule has 6 heteroatoms. The molecular weight excluding hydrogens is 380 g/mol. The molecule has 3 aromatic rings. The van der Waals surface area contributed by atoms with E-state index in [4.69, 9.17) is 0 Å². The van der Waals surface area contributed by atoms with Gasteiger partial charge in [0.15, 0.2) is 0 Å². The van der Waals surface area contributed by atoms with Crippen molar-refractivity contribution in [3.8, 4) is 6.07 Å². The summed E-state index contributed by atoms with van der Waals surface area (Å²) >= 11 is 4.57. The van der Waals surface area contributed by atoms with E-state index in [9.17, 15) is 10.1 Å². The summed E-state index contributed by atoms with van der Waals surface area (Å²) in [5, 5.41) is 10.4. The first-order chi connectivity index (χ1) is 14.1. The van der Waals surface area contributed by atoms with Crippen molar-refractivity contribution < 1.29 is 4.79 Å². The van der Waals surface area contributed by atoms with Gasteiger partial charge in [0.25, 0.3) is 0 Å². The lowest BCUT2D eigenvalue weighted by atomic mass is 9.98. The molecule has 29 heavy (non-hydrogen) atoms. The first-order valence-corrected chi connectivity index (χ1v) is 10.7. The van der Waals surface area contributed by atoms with Crippen LogP contribution in [-0.4, -0.2) is 33.0 Å². The summed E-state index contributed by atoms with van der Waals surface area (Å²) < 4.78 is 4.01. The molecule has 1 amide bonds. The van der Waals surface area contributed by atoms with E-state index in [-0.39, 0.29) is 11.9 Å². The van der Waals surface area contributed by atoms with Crippen LogP contribution in [0.25, 0.3) is 10.9 Å². The van der Waals surface area contributed by atoms with Gasteiger partial charge in [-0.05, 0) is 55.5 Å². The molecule has 0 spiro atoms. The van der Waals surface area contributed by atoms with E-state index in [1.165, 1.54) is 0 Å². The number of carbonyl (C=O) groups is 1. The fourth-order valence-corrected chi connectivity index (χ4v) is 4.51. The Morgan fingerprint density at radius 3 is 2.76 bits per heavy atom. The summed E-state index contributed by atoms with van der Waals surface area (Å²) in [5.74, 6) is 0.847. The maximum Gasteiger partial charge on any atom is 0.245 e. The van der Waals surface area contributed by atoms with Crippen LogP contribution in [0.2, 0.25) is 0 Å². The molecule has 1 saturated heterocycles. The second kappa shape index (κ2) is 8.38. The van der Waals surface area contributed by atoms with Crippen LogP contribution in [0.3, 0.4) is 0 Å². The Bertz CT molecular complexity index is 1050. The van der Waals surface area contributed by atoms with Gasteiger partial charge in [-0.2, -0.15) is 5.26 Å². The first-order valence-electron chi connectivity index (χ1n) is 10.2. The van der Waals surface area contributed by atoms with Crippen molar-refractivity contribution in [3.05, 3.63) is 54.5 Å². The van der Waals surface area contributed by atoms with Gasteiger partial charge in [-0.3, -0.25) is 4.79 Å². The SMILES string of the molecule is CC1CCN(C(=O)C(CCn2cccc2C#N)n2ccc3c(S)cccc32)CC1. The van der Waals surface area contributed by atoms with Crippen molar-refractivity contribution in [1.29, 1.82) is 5.26 Å². The summed E-state index contributed by atoms with van der Waals surface area (Å²) in [7, 11) is 0. The normalized spacial score (nSPS) is 16.1. The van der Waals surface area contributed by atoms with Crippen molar-refractivity contribution in [2.24, 2.45) is 5.92 Å². The van der Waals surface area contributed by atoms with E-state index < -0.39 is 0 Å². The first kappa shape index (κ1) is 19.7. The molecule has 2 aromatic heterocycles. The van der Waals surface area contributed by atoms with Gasteiger partial charge < -0.3 is 14.0 Å². The predicted octanol–water partition coefficient (Wildman–Crippen LogP) is 4.49. The minimum Gasteiger partial charge on any atom is -0.341 e. The van der Waals surface area contributed by atoms with Gasteiger partial charge in [0, 0.05) is 47.8 Å². The summed E-state index contributed by atoms with van der Waals surface area (Å²) in [6.45, 7) is 4.51. The standard InChI is InChI=1S/C23H26N4OS/c1-17-7-12-26(13-8-17)23(28)21(10-14-25-11-3-4-18(25)16-24)27-15-9-19-20(27)5-2-6-22(19)29/h2-6,9,11,15,17,21,29H,7-8,10,12-14H2,1H3. The number of piperidine rings is 1. The summed E-state index contributed by atoms with van der Waals surface area (Å²) in [4.78, 5) is 16.5. The van der Waals surface area contributed by atoms with Crippen molar-refractivity contribution in [2.45, 2.75) is 43.7 Å². The van der Waals surface area contributed by atoms with Crippen LogP contribution in [0.4, 0.5) is 0 Å². The van der Waals surface area contributed by atoms with E-state index in [0.29, 0.717) is 24.6 Å². The van der Waals surface area contributed by atoms with E-state index in [2.05, 4.69) is 30.2 Å². The molecule has 1 aliphatic heterocycles.